The Morgan fingerprint density at radius 3 is 0.893 bits per heavy atom. The Labute approximate surface area is 161 Å². The van der Waals surface area contributed by atoms with E-state index in [1.165, 1.54) is 0 Å². The third kappa shape index (κ3) is 15.6. The van der Waals surface area contributed by atoms with Gasteiger partial charge in [-0.2, -0.15) is 26.3 Å². The molecule has 0 heterocycles. The molecule has 0 unspecified atom stereocenters. The maximum atomic E-state index is 11.9. The van der Waals surface area contributed by atoms with E-state index in [0.29, 0.717) is 12.8 Å². The van der Waals surface area contributed by atoms with Crippen LogP contribution in [0.25, 0.3) is 0 Å². The largest absolute Gasteiger partial charge is 0.471 e. The summed E-state index contributed by atoms with van der Waals surface area (Å²) in [6, 6.07) is 0. The van der Waals surface area contributed by atoms with Crippen molar-refractivity contribution in [1.82, 2.24) is 10.6 Å². The summed E-state index contributed by atoms with van der Waals surface area (Å²) in [5, 5.41) is 3.69. The first-order valence-corrected chi connectivity index (χ1v) is 9.75. The number of rotatable bonds is 15. The van der Waals surface area contributed by atoms with E-state index in [9.17, 15) is 35.9 Å². The second-order valence-corrected chi connectivity index (χ2v) is 6.75. The molecule has 10 heteroatoms. The molecule has 2 amide bonds. The molecule has 0 aliphatic carbocycles. The first-order valence-electron chi connectivity index (χ1n) is 9.75. The van der Waals surface area contributed by atoms with Gasteiger partial charge in [0, 0.05) is 13.1 Å². The predicted molar refractivity (Wildman–Crippen MR) is 93.5 cm³/mol. The summed E-state index contributed by atoms with van der Waals surface area (Å²) in [7, 11) is 0. The van der Waals surface area contributed by atoms with Crippen LogP contribution in [0.2, 0.25) is 0 Å². The van der Waals surface area contributed by atoms with Gasteiger partial charge in [0.15, 0.2) is 0 Å². The third-order valence-electron chi connectivity index (χ3n) is 4.19. The second kappa shape index (κ2) is 14.5. The number of nitrogens with one attached hydrogen (secondary N) is 2. The van der Waals surface area contributed by atoms with Crippen LogP contribution in [0.15, 0.2) is 0 Å². The van der Waals surface area contributed by atoms with E-state index in [4.69, 9.17) is 0 Å². The van der Waals surface area contributed by atoms with Crippen LogP contribution in [-0.4, -0.2) is 37.3 Å². The average molecular weight is 420 g/mol. The van der Waals surface area contributed by atoms with E-state index in [-0.39, 0.29) is 13.1 Å². The summed E-state index contributed by atoms with van der Waals surface area (Å²) < 4.78 is 71.6. The summed E-state index contributed by atoms with van der Waals surface area (Å²) in [4.78, 5) is 21.1. The normalized spacial score (nSPS) is 12.1. The number of amides is 2. The highest BCUT2D eigenvalue weighted by atomic mass is 19.4. The lowest BCUT2D eigenvalue weighted by Crippen LogP contribution is -2.37. The molecule has 0 aliphatic rings. The summed E-state index contributed by atoms with van der Waals surface area (Å²) in [6.45, 7) is 0.0798. The molecule has 0 atom stereocenters. The van der Waals surface area contributed by atoms with E-state index in [2.05, 4.69) is 0 Å². The predicted octanol–water partition coefficient (Wildman–Crippen LogP) is 5.02. The van der Waals surface area contributed by atoms with Crippen LogP contribution in [0, 0.1) is 0 Å². The van der Waals surface area contributed by atoms with Gasteiger partial charge in [-0.1, -0.05) is 64.2 Å². The molecule has 0 spiro atoms. The minimum Gasteiger partial charge on any atom is -0.348 e. The highest BCUT2D eigenvalue weighted by Gasteiger charge is 2.38. The molecule has 0 aliphatic heterocycles. The van der Waals surface area contributed by atoms with Gasteiger partial charge in [-0.05, 0) is 12.8 Å². The van der Waals surface area contributed by atoms with Gasteiger partial charge in [0.1, 0.15) is 0 Å². The molecule has 166 valence electrons. The summed E-state index contributed by atoms with van der Waals surface area (Å²) in [5.74, 6) is -3.78. The zero-order chi connectivity index (χ0) is 21.5. The SMILES string of the molecule is O=C(NCCCCCCCCCCCCCCNC(=O)C(F)(F)F)C(F)(F)F. The quantitative estimate of drug-likeness (QED) is 0.289. The Kier molecular flexibility index (Phi) is 13.7. The molecule has 0 saturated carbocycles. The van der Waals surface area contributed by atoms with Crippen LogP contribution in [0.1, 0.15) is 77.0 Å². The summed E-state index contributed by atoms with van der Waals surface area (Å²) in [5.41, 5.74) is 0. The lowest BCUT2D eigenvalue weighted by Gasteiger charge is -2.08. The van der Waals surface area contributed by atoms with Crippen molar-refractivity contribution in [3.8, 4) is 0 Å². The van der Waals surface area contributed by atoms with Gasteiger partial charge in [0.05, 0.1) is 0 Å². The Hall–Kier alpha value is -1.48. The first-order chi connectivity index (χ1) is 13.0. The standard InChI is InChI=1S/C18H30F6N2O2/c19-17(20,21)15(27)25-13-11-9-7-5-3-1-2-4-6-8-10-12-14-26-16(28)18(22,23)24/h1-14H2,(H,25,27)(H,26,28). The molecule has 0 fully saturated rings. The molecular weight excluding hydrogens is 390 g/mol. The van der Waals surface area contributed by atoms with Crippen molar-refractivity contribution in [1.29, 1.82) is 0 Å². The minimum atomic E-state index is -4.82. The fourth-order valence-corrected chi connectivity index (χ4v) is 2.62. The number of carbonyl (C=O) groups excluding carboxylic acids is 2. The van der Waals surface area contributed by atoms with Crippen molar-refractivity contribution in [3.63, 3.8) is 0 Å². The van der Waals surface area contributed by atoms with Crippen LogP contribution >= 0.6 is 0 Å². The molecule has 2 N–H and O–H groups in total. The monoisotopic (exact) mass is 420 g/mol. The highest BCUT2D eigenvalue weighted by Crippen LogP contribution is 2.15. The topological polar surface area (TPSA) is 58.2 Å². The van der Waals surface area contributed by atoms with Crippen molar-refractivity contribution in [2.45, 2.75) is 89.4 Å². The third-order valence-corrected chi connectivity index (χ3v) is 4.19. The molecule has 0 rings (SSSR count). The number of hydrogen-bond donors (Lipinski definition) is 2. The van der Waals surface area contributed by atoms with Gasteiger partial charge in [-0.15, -0.1) is 0 Å². The maximum Gasteiger partial charge on any atom is 0.471 e. The summed E-state index contributed by atoms with van der Waals surface area (Å²) >= 11 is 0. The number of carbonyl (C=O) groups is 2. The van der Waals surface area contributed by atoms with Gasteiger partial charge in [0.25, 0.3) is 0 Å². The molecule has 28 heavy (non-hydrogen) atoms. The summed E-state index contributed by atoms with van der Waals surface area (Å²) in [6.07, 6.45) is 1.11. The average Bonchev–Trinajstić information content (AvgIpc) is 2.59. The Morgan fingerprint density at radius 2 is 0.679 bits per heavy atom. The number of alkyl halides is 6. The molecule has 4 nitrogen and oxygen atoms in total. The Morgan fingerprint density at radius 1 is 0.464 bits per heavy atom. The zero-order valence-corrected chi connectivity index (χ0v) is 16.0. The second-order valence-electron chi connectivity index (χ2n) is 6.75. The molecule has 0 bridgehead atoms. The highest BCUT2D eigenvalue weighted by molar-refractivity contribution is 5.81. The lowest BCUT2D eigenvalue weighted by molar-refractivity contribution is -0.173. The van der Waals surface area contributed by atoms with Gasteiger partial charge >= 0.3 is 24.2 Å². The fourth-order valence-electron chi connectivity index (χ4n) is 2.62. The smallest absolute Gasteiger partial charge is 0.348 e. The van der Waals surface area contributed by atoms with Crippen LogP contribution < -0.4 is 10.6 Å². The van der Waals surface area contributed by atoms with Gasteiger partial charge in [0.2, 0.25) is 0 Å². The Balaban J connectivity index is 3.24. The molecule has 0 radical (unpaired) electrons. The van der Waals surface area contributed by atoms with Gasteiger partial charge < -0.3 is 10.6 Å². The van der Waals surface area contributed by atoms with Crippen LogP contribution in [-0.2, 0) is 9.59 Å². The lowest BCUT2D eigenvalue weighted by atomic mass is 10.1. The van der Waals surface area contributed by atoms with Crippen molar-refractivity contribution in [3.05, 3.63) is 0 Å². The van der Waals surface area contributed by atoms with Crippen molar-refractivity contribution >= 4 is 11.8 Å². The molecule has 0 saturated heterocycles. The number of unbranched alkanes of at least 4 members (excludes halogenated alkanes) is 11. The number of halogens is 6. The van der Waals surface area contributed by atoms with E-state index in [0.717, 1.165) is 64.2 Å². The van der Waals surface area contributed by atoms with E-state index in [1.807, 2.05) is 10.6 Å². The first kappa shape index (κ1) is 26.5. The number of hydrogen-bond acceptors (Lipinski definition) is 2. The molecule has 0 aromatic rings. The van der Waals surface area contributed by atoms with Crippen LogP contribution in [0.5, 0.6) is 0 Å². The van der Waals surface area contributed by atoms with Crippen molar-refractivity contribution < 1.29 is 35.9 Å². The molecule has 0 aromatic carbocycles. The van der Waals surface area contributed by atoms with E-state index >= 15 is 0 Å². The van der Waals surface area contributed by atoms with E-state index in [1.54, 1.807) is 0 Å². The van der Waals surface area contributed by atoms with Gasteiger partial charge in [-0.25, -0.2) is 0 Å². The van der Waals surface area contributed by atoms with Gasteiger partial charge in [-0.3, -0.25) is 9.59 Å². The van der Waals surface area contributed by atoms with Crippen molar-refractivity contribution in [2.24, 2.45) is 0 Å². The maximum absolute atomic E-state index is 11.9. The Bertz CT molecular complexity index is 399. The molecule has 0 aromatic heterocycles. The minimum absolute atomic E-state index is 0.0399. The zero-order valence-electron chi connectivity index (χ0n) is 16.0. The van der Waals surface area contributed by atoms with Crippen LogP contribution in [0.4, 0.5) is 26.3 Å². The van der Waals surface area contributed by atoms with Crippen LogP contribution in [0.3, 0.4) is 0 Å². The van der Waals surface area contributed by atoms with Crippen molar-refractivity contribution in [2.75, 3.05) is 13.1 Å². The van der Waals surface area contributed by atoms with E-state index < -0.39 is 24.2 Å². The fraction of sp³-hybridized carbons (Fsp3) is 0.889. The molecular formula is C18H30F6N2O2.